The van der Waals surface area contributed by atoms with E-state index in [2.05, 4.69) is 16.0 Å². The standard InChI is InChI=1S/C25H26ClN3O3/c1-17-14-19(15-18(2)24(17)26)31-12-6-5-11-29-21-9-4-3-8-20(21)28-23(29)16-27-25(30)22-10-7-13-32-22/h3-4,7-10,13-15H,5-6,11-12,16H2,1-2H3,(H,27,30). The number of nitrogens with zero attached hydrogens (tertiary/aromatic N) is 2. The Kier molecular flexibility index (Phi) is 6.81. The monoisotopic (exact) mass is 451 g/mol. The highest BCUT2D eigenvalue weighted by Gasteiger charge is 2.13. The van der Waals surface area contributed by atoms with Gasteiger partial charge in [0.2, 0.25) is 0 Å². The quantitative estimate of drug-likeness (QED) is 0.332. The molecule has 1 amide bonds. The lowest BCUT2D eigenvalue weighted by molar-refractivity contribution is 0.0921. The van der Waals surface area contributed by atoms with Crippen molar-refractivity contribution in [1.82, 2.24) is 14.9 Å². The fourth-order valence-corrected chi connectivity index (χ4v) is 3.82. The highest BCUT2D eigenvalue weighted by Crippen LogP contribution is 2.26. The molecular formula is C25H26ClN3O3. The predicted octanol–water partition coefficient (Wildman–Crippen LogP) is 5.69. The molecule has 7 heteroatoms. The number of hydrogen-bond acceptors (Lipinski definition) is 4. The van der Waals surface area contributed by atoms with Gasteiger partial charge in [-0.1, -0.05) is 23.7 Å². The van der Waals surface area contributed by atoms with Gasteiger partial charge in [0.15, 0.2) is 5.76 Å². The number of rotatable bonds is 9. The second-order valence-corrected chi connectivity index (χ2v) is 8.13. The molecule has 2 aromatic heterocycles. The molecule has 4 aromatic rings. The molecule has 2 heterocycles. The summed E-state index contributed by atoms with van der Waals surface area (Å²) in [6.45, 7) is 5.71. The van der Waals surface area contributed by atoms with E-state index in [9.17, 15) is 4.79 Å². The lowest BCUT2D eigenvalue weighted by Gasteiger charge is -2.12. The van der Waals surface area contributed by atoms with Crippen molar-refractivity contribution in [2.45, 2.75) is 39.8 Å². The number of amides is 1. The molecule has 166 valence electrons. The number of aryl methyl sites for hydroxylation is 3. The van der Waals surface area contributed by atoms with Gasteiger partial charge in [-0.15, -0.1) is 0 Å². The Balaban J connectivity index is 1.36. The third-order valence-electron chi connectivity index (χ3n) is 5.34. The van der Waals surface area contributed by atoms with E-state index in [0.29, 0.717) is 13.2 Å². The molecule has 0 bridgehead atoms. The number of nitrogens with one attached hydrogen (secondary N) is 1. The van der Waals surface area contributed by atoms with Crippen LogP contribution in [0, 0.1) is 13.8 Å². The number of carbonyl (C=O) groups excluding carboxylic acids is 1. The largest absolute Gasteiger partial charge is 0.494 e. The molecular weight excluding hydrogens is 426 g/mol. The van der Waals surface area contributed by atoms with Crippen LogP contribution in [0.2, 0.25) is 5.02 Å². The number of unbranched alkanes of at least 4 members (excludes halogenated alkanes) is 1. The van der Waals surface area contributed by atoms with Crippen LogP contribution in [0.1, 0.15) is 40.3 Å². The van der Waals surface area contributed by atoms with Crippen molar-refractivity contribution in [2.75, 3.05) is 6.61 Å². The molecule has 0 fully saturated rings. The lowest BCUT2D eigenvalue weighted by atomic mass is 10.1. The van der Waals surface area contributed by atoms with E-state index in [0.717, 1.165) is 58.1 Å². The van der Waals surface area contributed by atoms with Gasteiger partial charge in [0.05, 0.1) is 30.4 Å². The Hall–Kier alpha value is -3.25. The van der Waals surface area contributed by atoms with Crippen LogP contribution >= 0.6 is 11.6 Å². The van der Waals surface area contributed by atoms with Crippen LogP contribution in [-0.2, 0) is 13.1 Å². The van der Waals surface area contributed by atoms with Crippen LogP contribution < -0.4 is 10.1 Å². The van der Waals surface area contributed by atoms with Crippen molar-refractivity contribution in [3.8, 4) is 5.75 Å². The third-order valence-corrected chi connectivity index (χ3v) is 5.94. The third kappa shape index (κ3) is 4.97. The predicted molar refractivity (Wildman–Crippen MR) is 125 cm³/mol. The fraction of sp³-hybridized carbons (Fsp3) is 0.280. The maximum atomic E-state index is 12.2. The summed E-state index contributed by atoms with van der Waals surface area (Å²) in [4.78, 5) is 17.0. The van der Waals surface area contributed by atoms with Crippen LogP contribution in [0.5, 0.6) is 5.75 Å². The average Bonchev–Trinajstić information content (AvgIpc) is 3.44. The van der Waals surface area contributed by atoms with Crippen LogP contribution in [0.4, 0.5) is 0 Å². The summed E-state index contributed by atoms with van der Waals surface area (Å²) in [5.41, 5.74) is 4.01. The van der Waals surface area contributed by atoms with Crippen molar-refractivity contribution in [2.24, 2.45) is 0 Å². The molecule has 0 saturated heterocycles. The normalized spacial score (nSPS) is 11.1. The number of furan rings is 1. The van der Waals surface area contributed by atoms with Gasteiger partial charge in [-0.05, 0) is 74.2 Å². The van der Waals surface area contributed by atoms with Gasteiger partial charge in [0.25, 0.3) is 5.91 Å². The molecule has 6 nitrogen and oxygen atoms in total. The summed E-state index contributed by atoms with van der Waals surface area (Å²) in [5, 5.41) is 3.68. The van der Waals surface area contributed by atoms with Gasteiger partial charge < -0.3 is 19.0 Å². The van der Waals surface area contributed by atoms with Crippen molar-refractivity contribution < 1.29 is 13.9 Å². The van der Waals surface area contributed by atoms with Gasteiger partial charge in [0, 0.05) is 11.6 Å². The molecule has 2 aromatic carbocycles. The number of para-hydroxylation sites is 2. The molecule has 0 aliphatic heterocycles. The Labute approximate surface area is 192 Å². The minimum atomic E-state index is -0.254. The molecule has 0 spiro atoms. The summed E-state index contributed by atoms with van der Waals surface area (Å²) in [5.74, 6) is 1.70. The van der Waals surface area contributed by atoms with E-state index in [1.54, 1.807) is 12.1 Å². The number of imidazole rings is 1. The molecule has 32 heavy (non-hydrogen) atoms. The number of carbonyl (C=O) groups is 1. The number of ether oxygens (including phenoxy) is 1. The topological polar surface area (TPSA) is 69.3 Å². The van der Waals surface area contributed by atoms with Crippen molar-refractivity contribution >= 4 is 28.5 Å². The number of halogens is 1. The number of hydrogen-bond donors (Lipinski definition) is 1. The molecule has 0 aliphatic carbocycles. The first-order chi connectivity index (χ1) is 15.5. The van der Waals surface area contributed by atoms with Gasteiger partial charge in [0.1, 0.15) is 11.6 Å². The van der Waals surface area contributed by atoms with Crippen LogP contribution in [0.25, 0.3) is 11.0 Å². The molecule has 1 N–H and O–H groups in total. The minimum absolute atomic E-state index is 0.254. The molecule has 0 saturated carbocycles. The van der Waals surface area contributed by atoms with Crippen LogP contribution in [0.3, 0.4) is 0 Å². The molecule has 0 radical (unpaired) electrons. The maximum Gasteiger partial charge on any atom is 0.287 e. The van der Waals surface area contributed by atoms with E-state index in [1.165, 1.54) is 6.26 Å². The summed E-state index contributed by atoms with van der Waals surface area (Å²) in [7, 11) is 0. The zero-order valence-electron chi connectivity index (χ0n) is 18.2. The van der Waals surface area contributed by atoms with Crippen molar-refractivity contribution in [3.63, 3.8) is 0 Å². The van der Waals surface area contributed by atoms with Gasteiger partial charge in [-0.2, -0.15) is 0 Å². The summed E-state index contributed by atoms with van der Waals surface area (Å²) < 4.78 is 13.3. The second kappa shape index (κ2) is 9.92. The smallest absolute Gasteiger partial charge is 0.287 e. The highest BCUT2D eigenvalue weighted by molar-refractivity contribution is 6.32. The van der Waals surface area contributed by atoms with Crippen molar-refractivity contribution in [1.29, 1.82) is 0 Å². The number of benzene rings is 2. The van der Waals surface area contributed by atoms with E-state index in [-0.39, 0.29) is 11.7 Å². The van der Waals surface area contributed by atoms with Gasteiger partial charge in [-0.25, -0.2) is 4.98 Å². The van der Waals surface area contributed by atoms with Crippen LogP contribution in [0.15, 0.2) is 59.2 Å². The Morgan fingerprint density at radius 3 is 2.66 bits per heavy atom. The Morgan fingerprint density at radius 1 is 1.12 bits per heavy atom. The molecule has 4 rings (SSSR count). The average molecular weight is 452 g/mol. The minimum Gasteiger partial charge on any atom is -0.494 e. The van der Waals surface area contributed by atoms with E-state index in [4.69, 9.17) is 25.7 Å². The summed E-state index contributed by atoms with van der Waals surface area (Å²) in [6.07, 6.45) is 3.30. The molecule has 0 aliphatic rings. The first-order valence-corrected chi connectivity index (χ1v) is 11.1. The van der Waals surface area contributed by atoms with E-state index in [1.807, 2.05) is 44.2 Å². The zero-order chi connectivity index (χ0) is 22.5. The van der Waals surface area contributed by atoms with E-state index >= 15 is 0 Å². The summed E-state index contributed by atoms with van der Waals surface area (Å²) in [6, 6.07) is 15.3. The van der Waals surface area contributed by atoms with Crippen LogP contribution in [-0.4, -0.2) is 22.1 Å². The SMILES string of the molecule is Cc1cc(OCCCCn2c(CNC(=O)c3ccco3)nc3ccccc32)cc(C)c1Cl. The molecule has 0 atom stereocenters. The first-order valence-electron chi connectivity index (χ1n) is 10.7. The number of aromatic nitrogens is 2. The van der Waals surface area contributed by atoms with E-state index < -0.39 is 0 Å². The Bertz CT molecular complexity index is 1190. The molecule has 0 unspecified atom stereocenters. The first kappa shape index (κ1) is 22.0. The zero-order valence-corrected chi connectivity index (χ0v) is 19.0. The fourth-order valence-electron chi connectivity index (χ4n) is 3.72. The maximum absolute atomic E-state index is 12.2. The van der Waals surface area contributed by atoms with Crippen molar-refractivity contribution in [3.05, 3.63) is 82.5 Å². The summed E-state index contributed by atoms with van der Waals surface area (Å²) >= 11 is 6.23. The highest BCUT2D eigenvalue weighted by atomic mass is 35.5. The number of fused-ring (bicyclic) bond motifs is 1. The van der Waals surface area contributed by atoms with Gasteiger partial charge in [-0.3, -0.25) is 4.79 Å². The van der Waals surface area contributed by atoms with Gasteiger partial charge >= 0.3 is 0 Å². The lowest BCUT2D eigenvalue weighted by Crippen LogP contribution is -2.24. The Morgan fingerprint density at radius 2 is 1.91 bits per heavy atom. The second-order valence-electron chi connectivity index (χ2n) is 7.75.